The van der Waals surface area contributed by atoms with Crippen molar-refractivity contribution < 1.29 is 27.6 Å². The van der Waals surface area contributed by atoms with E-state index in [-0.39, 0.29) is 29.8 Å². The monoisotopic (exact) mass is 384 g/mol. The number of benzene rings is 1. The summed E-state index contributed by atoms with van der Waals surface area (Å²) >= 11 is 0. The van der Waals surface area contributed by atoms with Crippen LogP contribution in [0.4, 0.5) is 13.2 Å². The van der Waals surface area contributed by atoms with Gasteiger partial charge in [-0.05, 0) is 18.2 Å². The van der Waals surface area contributed by atoms with Crippen LogP contribution < -0.4 is 10.6 Å². The number of carbonyl (C=O) groups is 3. The van der Waals surface area contributed by atoms with Gasteiger partial charge in [0, 0.05) is 45.3 Å². The highest BCUT2D eigenvalue weighted by atomic mass is 19.4. The Morgan fingerprint density at radius 1 is 1.19 bits per heavy atom. The van der Waals surface area contributed by atoms with Gasteiger partial charge in [-0.2, -0.15) is 13.2 Å². The molecule has 2 N–H and O–H groups in total. The van der Waals surface area contributed by atoms with Gasteiger partial charge < -0.3 is 10.6 Å². The maximum atomic E-state index is 13.4. The minimum Gasteiger partial charge on any atom is -0.350 e. The lowest BCUT2D eigenvalue weighted by atomic mass is 10.1. The lowest BCUT2D eigenvalue weighted by Gasteiger charge is -2.35. The van der Waals surface area contributed by atoms with Crippen molar-refractivity contribution in [2.24, 2.45) is 0 Å². The number of piperazine rings is 1. The average Bonchev–Trinajstić information content (AvgIpc) is 2.85. The topological polar surface area (TPSA) is 81.8 Å². The molecule has 2 heterocycles. The van der Waals surface area contributed by atoms with Crippen molar-refractivity contribution >= 4 is 17.7 Å². The third-order valence-electron chi connectivity index (χ3n) is 4.78. The predicted molar refractivity (Wildman–Crippen MR) is 89.5 cm³/mol. The number of carbonyl (C=O) groups excluding carboxylic acids is 3. The summed E-state index contributed by atoms with van der Waals surface area (Å²) in [6, 6.07) is 2.12. The molecule has 0 spiro atoms. The Hall–Kier alpha value is -2.46. The quantitative estimate of drug-likeness (QED) is 0.738. The molecule has 1 saturated heterocycles. The predicted octanol–water partition coefficient (Wildman–Crippen LogP) is 0.478. The lowest BCUT2D eigenvalue weighted by molar-refractivity contribution is -0.183. The van der Waals surface area contributed by atoms with Crippen molar-refractivity contribution in [3.05, 3.63) is 34.9 Å². The number of hydrogen-bond acceptors (Lipinski definition) is 5. The molecule has 1 fully saturated rings. The third-order valence-corrected chi connectivity index (χ3v) is 4.78. The molecule has 2 aliphatic heterocycles. The average molecular weight is 384 g/mol. The molecule has 0 aliphatic carbocycles. The SMILES string of the molecule is CN1C(=O)c2ccc(C(=O)NCC(N3CCNCC3)C(F)(F)F)cc2C1=O. The Kier molecular flexibility index (Phi) is 5.20. The first-order chi connectivity index (χ1) is 12.7. The fourth-order valence-corrected chi connectivity index (χ4v) is 3.24. The van der Waals surface area contributed by atoms with E-state index in [1.54, 1.807) is 0 Å². The summed E-state index contributed by atoms with van der Waals surface area (Å²) in [5.74, 6) is -1.74. The number of nitrogens with one attached hydrogen (secondary N) is 2. The second-order valence-corrected chi connectivity index (χ2v) is 6.48. The van der Waals surface area contributed by atoms with E-state index in [0.717, 1.165) is 4.90 Å². The Labute approximate surface area is 153 Å². The van der Waals surface area contributed by atoms with Crippen molar-refractivity contribution in [3.63, 3.8) is 0 Å². The fraction of sp³-hybridized carbons (Fsp3) is 0.471. The van der Waals surface area contributed by atoms with Crippen LogP contribution in [0.25, 0.3) is 0 Å². The maximum Gasteiger partial charge on any atom is 0.405 e. The van der Waals surface area contributed by atoms with Crippen LogP contribution in [0.5, 0.6) is 0 Å². The number of amides is 3. The van der Waals surface area contributed by atoms with Crippen molar-refractivity contribution in [1.82, 2.24) is 20.4 Å². The largest absolute Gasteiger partial charge is 0.405 e. The molecular formula is C17H19F3N4O3. The first kappa shape index (κ1) is 19.3. The highest BCUT2D eigenvalue weighted by Gasteiger charge is 2.44. The number of hydrogen-bond donors (Lipinski definition) is 2. The van der Waals surface area contributed by atoms with Crippen LogP contribution in [0.2, 0.25) is 0 Å². The number of halogens is 3. The van der Waals surface area contributed by atoms with Gasteiger partial charge in [-0.1, -0.05) is 0 Å². The van der Waals surface area contributed by atoms with Gasteiger partial charge >= 0.3 is 6.18 Å². The summed E-state index contributed by atoms with van der Waals surface area (Å²) in [7, 11) is 1.33. The second kappa shape index (κ2) is 7.28. The summed E-state index contributed by atoms with van der Waals surface area (Å²) in [5, 5.41) is 5.29. The van der Waals surface area contributed by atoms with Crippen LogP contribution >= 0.6 is 0 Å². The number of alkyl halides is 3. The van der Waals surface area contributed by atoms with E-state index in [9.17, 15) is 27.6 Å². The van der Waals surface area contributed by atoms with Gasteiger partial charge in [0.05, 0.1) is 11.1 Å². The van der Waals surface area contributed by atoms with Crippen LogP contribution in [-0.2, 0) is 0 Å². The molecule has 10 heteroatoms. The van der Waals surface area contributed by atoms with Gasteiger partial charge in [-0.25, -0.2) is 0 Å². The fourth-order valence-electron chi connectivity index (χ4n) is 3.24. The Bertz CT molecular complexity index is 775. The summed E-state index contributed by atoms with van der Waals surface area (Å²) < 4.78 is 40.1. The second-order valence-electron chi connectivity index (χ2n) is 6.48. The first-order valence-electron chi connectivity index (χ1n) is 8.46. The van der Waals surface area contributed by atoms with Gasteiger partial charge in [0.1, 0.15) is 6.04 Å². The molecule has 3 rings (SSSR count). The Morgan fingerprint density at radius 3 is 2.44 bits per heavy atom. The Morgan fingerprint density at radius 2 is 1.81 bits per heavy atom. The summed E-state index contributed by atoms with van der Waals surface area (Å²) in [4.78, 5) is 38.4. The minimum absolute atomic E-state index is 0.0337. The van der Waals surface area contributed by atoms with Crippen molar-refractivity contribution in [1.29, 1.82) is 0 Å². The molecule has 1 atom stereocenters. The van der Waals surface area contributed by atoms with Crippen LogP contribution in [0.3, 0.4) is 0 Å². The Balaban J connectivity index is 1.71. The van der Waals surface area contributed by atoms with E-state index in [1.807, 2.05) is 0 Å². The van der Waals surface area contributed by atoms with E-state index in [2.05, 4.69) is 10.6 Å². The molecule has 146 valence electrons. The molecule has 0 saturated carbocycles. The highest BCUT2D eigenvalue weighted by Crippen LogP contribution is 2.25. The number of imide groups is 1. The van der Waals surface area contributed by atoms with Crippen LogP contribution in [0.1, 0.15) is 31.1 Å². The number of fused-ring (bicyclic) bond motifs is 1. The normalized spacial score (nSPS) is 19.2. The van der Waals surface area contributed by atoms with Gasteiger partial charge in [0.2, 0.25) is 0 Å². The van der Waals surface area contributed by atoms with E-state index in [4.69, 9.17) is 0 Å². The van der Waals surface area contributed by atoms with Crippen molar-refractivity contribution in [2.75, 3.05) is 39.8 Å². The van der Waals surface area contributed by atoms with E-state index >= 15 is 0 Å². The summed E-state index contributed by atoms with van der Waals surface area (Å²) in [5.41, 5.74) is 0.282. The van der Waals surface area contributed by atoms with Gasteiger partial charge in [0.15, 0.2) is 0 Å². The van der Waals surface area contributed by atoms with Gasteiger partial charge in [-0.3, -0.25) is 24.2 Å². The molecule has 0 aromatic heterocycles. The molecule has 27 heavy (non-hydrogen) atoms. The minimum atomic E-state index is -4.48. The molecule has 7 nitrogen and oxygen atoms in total. The zero-order valence-corrected chi connectivity index (χ0v) is 14.6. The smallest absolute Gasteiger partial charge is 0.350 e. The van der Waals surface area contributed by atoms with E-state index in [0.29, 0.717) is 13.1 Å². The molecule has 3 amide bonds. The molecule has 0 bridgehead atoms. The molecule has 1 unspecified atom stereocenters. The van der Waals surface area contributed by atoms with Gasteiger partial charge in [-0.15, -0.1) is 0 Å². The molecule has 1 aromatic rings. The van der Waals surface area contributed by atoms with Crippen LogP contribution in [0.15, 0.2) is 18.2 Å². The summed E-state index contributed by atoms with van der Waals surface area (Å²) in [6.07, 6.45) is -4.48. The summed E-state index contributed by atoms with van der Waals surface area (Å²) in [6.45, 7) is 0.792. The lowest BCUT2D eigenvalue weighted by Crippen LogP contribution is -2.57. The van der Waals surface area contributed by atoms with Crippen LogP contribution in [0, 0.1) is 0 Å². The molecule has 2 aliphatic rings. The first-order valence-corrected chi connectivity index (χ1v) is 8.46. The van der Waals surface area contributed by atoms with Crippen molar-refractivity contribution in [2.45, 2.75) is 12.2 Å². The zero-order valence-electron chi connectivity index (χ0n) is 14.6. The third kappa shape index (κ3) is 3.81. The van der Waals surface area contributed by atoms with Crippen molar-refractivity contribution in [3.8, 4) is 0 Å². The zero-order chi connectivity index (χ0) is 19.8. The van der Waals surface area contributed by atoms with Crippen LogP contribution in [-0.4, -0.2) is 79.5 Å². The van der Waals surface area contributed by atoms with Gasteiger partial charge in [0.25, 0.3) is 17.7 Å². The molecule has 0 radical (unpaired) electrons. The molecule has 1 aromatic carbocycles. The maximum absolute atomic E-state index is 13.4. The van der Waals surface area contributed by atoms with E-state index in [1.165, 1.54) is 30.1 Å². The van der Waals surface area contributed by atoms with E-state index < -0.39 is 36.5 Å². The number of nitrogens with zero attached hydrogens (tertiary/aromatic N) is 2. The number of rotatable bonds is 4. The molecular weight excluding hydrogens is 365 g/mol. The highest BCUT2D eigenvalue weighted by molar-refractivity contribution is 6.21. The standard InChI is InChI=1S/C17H19F3N4O3/c1-23-15(26)11-3-2-10(8-12(11)16(23)27)14(25)22-9-13(17(18,19)20)24-6-4-21-5-7-24/h2-3,8,13,21H,4-7,9H2,1H3,(H,22,25).